The van der Waals surface area contributed by atoms with Crippen LogP contribution in [0.2, 0.25) is 0 Å². The molecule has 1 aromatic rings. The monoisotopic (exact) mass is 399 g/mol. The van der Waals surface area contributed by atoms with Gasteiger partial charge in [-0.1, -0.05) is 29.8 Å². The molecule has 29 heavy (non-hydrogen) atoms. The summed E-state index contributed by atoms with van der Waals surface area (Å²) in [6.07, 6.45) is 4.60. The van der Waals surface area contributed by atoms with Gasteiger partial charge in [-0.15, -0.1) is 0 Å². The van der Waals surface area contributed by atoms with Crippen LogP contribution >= 0.6 is 0 Å². The van der Waals surface area contributed by atoms with Crippen molar-refractivity contribution in [3.8, 4) is 0 Å². The van der Waals surface area contributed by atoms with E-state index in [1.807, 2.05) is 9.80 Å². The van der Waals surface area contributed by atoms with Crippen molar-refractivity contribution in [2.75, 3.05) is 32.7 Å². The van der Waals surface area contributed by atoms with Crippen LogP contribution in [0.15, 0.2) is 24.3 Å². The highest BCUT2D eigenvalue weighted by Gasteiger charge is 2.33. The molecule has 2 aliphatic heterocycles. The van der Waals surface area contributed by atoms with Gasteiger partial charge < -0.3 is 9.80 Å². The van der Waals surface area contributed by atoms with Gasteiger partial charge in [-0.25, -0.2) is 0 Å². The molecule has 1 aromatic carbocycles. The average Bonchev–Trinajstić information content (AvgIpc) is 2.92. The van der Waals surface area contributed by atoms with Crippen LogP contribution in [0, 0.1) is 12.8 Å². The van der Waals surface area contributed by atoms with Crippen LogP contribution in [-0.2, 0) is 16.1 Å². The van der Waals surface area contributed by atoms with Crippen molar-refractivity contribution in [3.05, 3.63) is 35.4 Å². The summed E-state index contributed by atoms with van der Waals surface area (Å²) >= 11 is 0. The zero-order valence-electron chi connectivity index (χ0n) is 18.4. The van der Waals surface area contributed by atoms with Crippen LogP contribution < -0.4 is 0 Å². The maximum atomic E-state index is 12.8. The average molecular weight is 400 g/mol. The third-order valence-corrected chi connectivity index (χ3v) is 6.66. The number of amides is 2. The van der Waals surface area contributed by atoms with Gasteiger partial charge in [0.05, 0.1) is 5.92 Å². The molecule has 0 bridgehead atoms. The van der Waals surface area contributed by atoms with Gasteiger partial charge in [0.1, 0.15) is 0 Å². The van der Waals surface area contributed by atoms with Crippen molar-refractivity contribution in [3.63, 3.8) is 0 Å². The molecule has 5 nitrogen and oxygen atoms in total. The van der Waals surface area contributed by atoms with Crippen LogP contribution in [-0.4, -0.2) is 65.3 Å². The molecule has 0 aliphatic carbocycles. The van der Waals surface area contributed by atoms with Crippen molar-refractivity contribution in [1.82, 2.24) is 14.7 Å². The van der Waals surface area contributed by atoms with E-state index in [4.69, 9.17) is 0 Å². The molecule has 2 saturated heterocycles. The summed E-state index contributed by atoms with van der Waals surface area (Å²) in [6.45, 7) is 11.2. The van der Waals surface area contributed by atoms with Crippen molar-refractivity contribution in [2.24, 2.45) is 5.92 Å². The lowest BCUT2D eigenvalue weighted by molar-refractivity contribution is -0.137. The molecule has 2 heterocycles. The van der Waals surface area contributed by atoms with Crippen LogP contribution in [0.1, 0.15) is 57.1 Å². The Labute approximate surface area is 176 Å². The lowest BCUT2D eigenvalue weighted by atomic mass is 9.93. The zero-order chi connectivity index (χ0) is 20.8. The Hall–Kier alpha value is -1.88. The number of hydrogen-bond donors (Lipinski definition) is 0. The Kier molecular flexibility index (Phi) is 7.70. The molecule has 0 saturated carbocycles. The van der Waals surface area contributed by atoms with Crippen LogP contribution in [0.5, 0.6) is 0 Å². The summed E-state index contributed by atoms with van der Waals surface area (Å²) in [5, 5.41) is 0. The highest BCUT2D eigenvalue weighted by atomic mass is 16.2. The SMILES string of the molecule is CCN(CC)C(=O)[C@@H]1CCCN([C@@H]2CCC(=O)N(Cc3ccc(C)cc3)CC2)C1. The van der Waals surface area contributed by atoms with Crippen molar-refractivity contribution in [1.29, 1.82) is 0 Å². The molecular formula is C24H37N3O2. The highest BCUT2D eigenvalue weighted by molar-refractivity contribution is 5.79. The Morgan fingerprint density at radius 1 is 1.07 bits per heavy atom. The molecule has 2 atom stereocenters. The minimum Gasteiger partial charge on any atom is -0.343 e. The predicted molar refractivity (Wildman–Crippen MR) is 116 cm³/mol. The fourth-order valence-corrected chi connectivity index (χ4v) is 4.80. The van der Waals surface area contributed by atoms with Gasteiger partial charge in [0.2, 0.25) is 11.8 Å². The minimum atomic E-state index is 0.117. The van der Waals surface area contributed by atoms with Gasteiger partial charge in [-0.2, -0.15) is 0 Å². The van der Waals surface area contributed by atoms with Gasteiger partial charge in [0.25, 0.3) is 0 Å². The maximum Gasteiger partial charge on any atom is 0.226 e. The number of aryl methyl sites for hydroxylation is 1. The first-order valence-electron chi connectivity index (χ1n) is 11.4. The van der Waals surface area contributed by atoms with E-state index in [9.17, 15) is 9.59 Å². The summed E-state index contributed by atoms with van der Waals surface area (Å²) in [6, 6.07) is 8.88. The molecule has 0 spiro atoms. The van der Waals surface area contributed by atoms with E-state index in [1.165, 1.54) is 11.1 Å². The molecule has 0 N–H and O–H groups in total. The van der Waals surface area contributed by atoms with E-state index in [-0.39, 0.29) is 11.8 Å². The zero-order valence-corrected chi connectivity index (χ0v) is 18.4. The number of benzene rings is 1. The fraction of sp³-hybridized carbons (Fsp3) is 0.667. The second-order valence-corrected chi connectivity index (χ2v) is 8.63. The van der Waals surface area contributed by atoms with E-state index in [0.29, 0.717) is 24.9 Å². The number of nitrogens with zero attached hydrogens (tertiary/aromatic N) is 3. The first-order valence-corrected chi connectivity index (χ1v) is 11.4. The first kappa shape index (κ1) is 21.8. The summed E-state index contributed by atoms with van der Waals surface area (Å²) in [7, 11) is 0. The van der Waals surface area contributed by atoms with E-state index in [0.717, 1.165) is 58.4 Å². The van der Waals surface area contributed by atoms with Gasteiger partial charge in [-0.3, -0.25) is 14.5 Å². The van der Waals surface area contributed by atoms with Gasteiger partial charge >= 0.3 is 0 Å². The van der Waals surface area contributed by atoms with Gasteiger partial charge in [-0.05, 0) is 58.6 Å². The Morgan fingerprint density at radius 2 is 1.79 bits per heavy atom. The van der Waals surface area contributed by atoms with E-state index in [2.05, 4.69) is 49.9 Å². The minimum absolute atomic E-state index is 0.117. The number of piperidine rings is 1. The summed E-state index contributed by atoms with van der Waals surface area (Å²) in [5.41, 5.74) is 2.44. The highest BCUT2D eigenvalue weighted by Crippen LogP contribution is 2.26. The van der Waals surface area contributed by atoms with E-state index < -0.39 is 0 Å². The van der Waals surface area contributed by atoms with Crippen LogP contribution in [0.4, 0.5) is 0 Å². The predicted octanol–water partition coefficient (Wildman–Crippen LogP) is 3.46. The fourth-order valence-electron chi connectivity index (χ4n) is 4.80. The Morgan fingerprint density at radius 3 is 2.48 bits per heavy atom. The lowest BCUT2D eigenvalue weighted by Crippen LogP contribution is -2.48. The van der Waals surface area contributed by atoms with Crippen molar-refractivity contribution < 1.29 is 9.59 Å². The quantitative estimate of drug-likeness (QED) is 0.736. The summed E-state index contributed by atoms with van der Waals surface area (Å²) in [4.78, 5) is 32.0. The largest absolute Gasteiger partial charge is 0.343 e. The number of rotatable bonds is 6. The second-order valence-electron chi connectivity index (χ2n) is 8.63. The molecular weight excluding hydrogens is 362 g/mol. The molecule has 0 aromatic heterocycles. The van der Waals surface area contributed by atoms with E-state index in [1.54, 1.807) is 0 Å². The first-order chi connectivity index (χ1) is 14.0. The molecule has 5 heteroatoms. The van der Waals surface area contributed by atoms with Gasteiger partial charge in [0, 0.05) is 45.2 Å². The standard InChI is InChI=1S/C24H37N3O2/c1-4-25(5-2)24(29)21-7-6-15-26(18-21)22-12-13-23(28)27(16-14-22)17-20-10-8-19(3)9-11-20/h8-11,21-22H,4-7,12-18H2,1-3H3/t21-,22-/m1/s1. The topological polar surface area (TPSA) is 43.9 Å². The third kappa shape index (κ3) is 5.59. The molecule has 160 valence electrons. The Balaban J connectivity index is 1.58. The second kappa shape index (κ2) is 10.2. The van der Waals surface area contributed by atoms with Crippen molar-refractivity contribution in [2.45, 2.75) is 65.5 Å². The molecule has 2 fully saturated rings. The number of carbonyl (C=O) groups is 2. The van der Waals surface area contributed by atoms with Gasteiger partial charge in [0.15, 0.2) is 0 Å². The molecule has 0 radical (unpaired) electrons. The smallest absolute Gasteiger partial charge is 0.226 e. The normalized spacial score (nSPS) is 23.7. The molecule has 2 amide bonds. The number of likely N-dealkylation sites (tertiary alicyclic amines) is 2. The summed E-state index contributed by atoms with van der Waals surface area (Å²) < 4.78 is 0. The maximum absolute atomic E-state index is 12.8. The number of hydrogen-bond acceptors (Lipinski definition) is 3. The number of carbonyl (C=O) groups excluding carboxylic acids is 2. The summed E-state index contributed by atoms with van der Waals surface area (Å²) in [5.74, 6) is 0.692. The molecule has 0 unspecified atom stereocenters. The molecule has 3 rings (SSSR count). The van der Waals surface area contributed by atoms with Crippen molar-refractivity contribution >= 4 is 11.8 Å². The molecule has 2 aliphatic rings. The lowest BCUT2D eigenvalue weighted by Gasteiger charge is -2.38. The van der Waals surface area contributed by atoms with E-state index >= 15 is 0 Å². The third-order valence-electron chi connectivity index (χ3n) is 6.66. The Bertz CT molecular complexity index is 684. The van der Waals surface area contributed by atoms with Crippen LogP contribution in [0.3, 0.4) is 0 Å². The van der Waals surface area contributed by atoms with Crippen LogP contribution in [0.25, 0.3) is 0 Å².